The van der Waals surface area contributed by atoms with Gasteiger partial charge in [-0.1, -0.05) is 36.4 Å². The summed E-state index contributed by atoms with van der Waals surface area (Å²) in [4.78, 5) is 25.4. The third-order valence-electron chi connectivity index (χ3n) is 5.39. The maximum atomic E-state index is 14.1. The molecule has 30 heavy (non-hydrogen) atoms. The third-order valence-corrected chi connectivity index (χ3v) is 5.39. The molecule has 1 heterocycles. The van der Waals surface area contributed by atoms with Crippen LogP contribution in [0.4, 0.5) is 21.5 Å². The predicted molar refractivity (Wildman–Crippen MR) is 113 cm³/mol. The molecule has 0 saturated heterocycles. The van der Waals surface area contributed by atoms with E-state index in [2.05, 4.69) is 22.3 Å². The number of para-hydroxylation sites is 2. The highest BCUT2D eigenvalue weighted by Crippen LogP contribution is 2.30. The molecular formula is C23H20FN3O3. The quantitative estimate of drug-likeness (QED) is 0.486. The number of nitro groups is 1. The Balaban J connectivity index is 1.58. The number of halogens is 1. The molecule has 0 saturated carbocycles. The van der Waals surface area contributed by atoms with Gasteiger partial charge in [-0.2, -0.15) is 0 Å². The summed E-state index contributed by atoms with van der Waals surface area (Å²) >= 11 is 0. The van der Waals surface area contributed by atoms with E-state index in [1.54, 1.807) is 12.1 Å². The van der Waals surface area contributed by atoms with Crippen molar-refractivity contribution in [3.63, 3.8) is 0 Å². The molecule has 1 amide bonds. The summed E-state index contributed by atoms with van der Waals surface area (Å²) in [6, 6.07) is 17.7. The molecular weight excluding hydrogens is 385 g/mol. The third kappa shape index (κ3) is 3.74. The van der Waals surface area contributed by atoms with Crippen LogP contribution in [0, 0.1) is 22.9 Å². The first-order valence-corrected chi connectivity index (χ1v) is 9.60. The van der Waals surface area contributed by atoms with Crippen LogP contribution in [-0.2, 0) is 13.0 Å². The molecule has 0 radical (unpaired) electrons. The van der Waals surface area contributed by atoms with E-state index in [-0.39, 0.29) is 11.1 Å². The number of carbonyl (C=O) groups excluding carboxylic acids is 1. The Kier molecular flexibility index (Phi) is 5.18. The lowest BCUT2D eigenvalue weighted by atomic mass is 10.1. The normalized spacial score (nSPS) is 12.5. The van der Waals surface area contributed by atoms with Crippen molar-refractivity contribution in [1.82, 2.24) is 0 Å². The molecule has 0 fully saturated rings. The number of nitro benzene ring substituents is 1. The lowest BCUT2D eigenvalue weighted by molar-refractivity contribution is -0.385. The van der Waals surface area contributed by atoms with Gasteiger partial charge in [-0.15, -0.1) is 0 Å². The Morgan fingerprint density at radius 2 is 1.90 bits per heavy atom. The average molecular weight is 405 g/mol. The summed E-state index contributed by atoms with van der Waals surface area (Å²) in [6.07, 6.45) is 0.969. The van der Waals surface area contributed by atoms with E-state index in [1.165, 1.54) is 18.2 Å². The van der Waals surface area contributed by atoms with Gasteiger partial charge >= 0.3 is 0 Å². The lowest BCUT2D eigenvalue weighted by Gasteiger charge is -2.21. The van der Waals surface area contributed by atoms with Crippen molar-refractivity contribution in [2.24, 2.45) is 0 Å². The van der Waals surface area contributed by atoms with Crippen LogP contribution in [0.3, 0.4) is 0 Å². The highest BCUT2D eigenvalue weighted by atomic mass is 19.1. The van der Waals surface area contributed by atoms with Crippen molar-refractivity contribution < 1.29 is 14.1 Å². The molecule has 6 nitrogen and oxygen atoms in total. The summed E-state index contributed by atoms with van der Waals surface area (Å²) in [5.74, 6) is -1.37. The van der Waals surface area contributed by atoms with Crippen LogP contribution in [-0.4, -0.2) is 17.4 Å². The first kappa shape index (κ1) is 19.6. The SMILES string of the molecule is Cc1c(F)cc(C(=O)Nc2ccccc2CN2CCc3ccccc32)cc1[N+](=O)[O-]. The van der Waals surface area contributed by atoms with Crippen LogP contribution in [0.5, 0.6) is 0 Å². The van der Waals surface area contributed by atoms with E-state index in [9.17, 15) is 19.3 Å². The number of rotatable bonds is 5. The van der Waals surface area contributed by atoms with Crippen molar-refractivity contribution >= 4 is 23.0 Å². The van der Waals surface area contributed by atoms with Gasteiger partial charge in [0.05, 0.1) is 10.5 Å². The van der Waals surface area contributed by atoms with Crippen molar-refractivity contribution in [1.29, 1.82) is 0 Å². The fourth-order valence-electron chi connectivity index (χ4n) is 3.74. The molecule has 3 aromatic rings. The number of nitrogens with one attached hydrogen (secondary N) is 1. The second kappa shape index (κ2) is 7.94. The largest absolute Gasteiger partial charge is 0.367 e. The summed E-state index contributed by atoms with van der Waals surface area (Å²) in [7, 11) is 0. The molecule has 7 heteroatoms. The zero-order chi connectivity index (χ0) is 21.3. The van der Waals surface area contributed by atoms with Gasteiger partial charge in [0.25, 0.3) is 11.6 Å². The lowest BCUT2D eigenvalue weighted by Crippen LogP contribution is -2.21. The maximum absolute atomic E-state index is 14.1. The Morgan fingerprint density at radius 1 is 1.17 bits per heavy atom. The van der Waals surface area contributed by atoms with Crippen LogP contribution in [0.15, 0.2) is 60.7 Å². The molecule has 0 bridgehead atoms. The van der Waals surface area contributed by atoms with Crippen LogP contribution < -0.4 is 10.2 Å². The topological polar surface area (TPSA) is 75.5 Å². The number of amides is 1. The van der Waals surface area contributed by atoms with E-state index in [0.717, 1.165) is 30.7 Å². The number of hydrogen-bond acceptors (Lipinski definition) is 4. The molecule has 1 N–H and O–H groups in total. The van der Waals surface area contributed by atoms with Gasteiger partial charge in [0.2, 0.25) is 0 Å². The van der Waals surface area contributed by atoms with Crippen LogP contribution in [0.25, 0.3) is 0 Å². The van der Waals surface area contributed by atoms with Crippen molar-refractivity contribution in [2.75, 3.05) is 16.8 Å². The van der Waals surface area contributed by atoms with Crippen molar-refractivity contribution in [3.05, 3.63) is 98.8 Å². The zero-order valence-corrected chi connectivity index (χ0v) is 16.4. The first-order chi connectivity index (χ1) is 14.4. The fraction of sp³-hybridized carbons (Fsp3) is 0.174. The van der Waals surface area contributed by atoms with Crippen molar-refractivity contribution in [2.45, 2.75) is 19.9 Å². The fourth-order valence-corrected chi connectivity index (χ4v) is 3.74. The highest BCUT2D eigenvalue weighted by Gasteiger charge is 2.22. The van der Waals surface area contributed by atoms with Crippen molar-refractivity contribution in [3.8, 4) is 0 Å². The second-order valence-electron chi connectivity index (χ2n) is 7.27. The number of benzene rings is 3. The average Bonchev–Trinajstić information content (AvgIpc) is 3.14. The summed E-state index contributed by atoms with van der Waals surface area (Å²) in [5, 5.41) is 13.9. The molecule has 0 spiro atoms. The van der Waals surface area contributed by atoms with Gasteiger partial charge in [-0.25, -0.2) is 4.39 Å². The zero-order valence-electron chi connectivity index (χ0n) is 16.4. The molecule has 0 atom stereocenters. The standard InChI is InChI=1S/C23H20FN3O3/c1-15-19(24)12-18(13-22(15)27(29)30)23(28)25-20-8-4-2-7-17(20)14-26-11-10-16-6-3-5-9-21(16)26/h2-9,12-13H,10-11,14H2,1H3,(H,25,28). The second-order valence-corrected chi connectivity index (χ2v) is 7.27. The maximum Gasteiger partial charge on any atom is 0.276 e. The van der Waals surface area contributed by atoms with Gasteiger partial charge in [-0.05, 0) is 42.7 Å². The minimum atomic E-state index is -0.781. The van der Waals surface area contributed by atoms with E-state index in [1.807, 2.05) is 24.3 Å². The molecule has 1 aliphatic rings. The summed E-state index contributed by atoms with van der Waals surface area (Å²) in [5.41, 5.74) is 3.37. The van der Waals surface area contributed by atoms with E-state index >= 15 is 0 Å². The Hall–Kier alpha value is -3.74. The minimum Gasteiger partial charge on any atom is -0.367 e. The molecule has 4 rings (SSSR count). The molecule has 0 aromatic heterocycles. The van der Waals surface area contributed by atoms with Crippen LogP contribution in [0.1, 0.15) is 27.0 Å². The van der Waals surface area contributed by atoms with E-state index in [0.29, 0.717) is 12.2 Å². The predicted octanol–water partition coefficient (Wildman–Crippen LogP) is 4.86. The molecule has 152 valence electrons. The number of nitrogens with zero attached hydrogens (tertiary/aromatic N) is 2. The summed E-state index contributed by atoms with van der Waals surface area (Å²) < 4.78 is 14.1. The van der Waals surface area contributed by atoms with Gasteiger partial charge < -0.3 is 10.2 Å². The smallest absolute Gasteiger partial charge is 0.276 e. The van der Waals surface area contributed by atoms with Gasteiger partial charge in [0.15, 0.2) is 0 Å². The number of fused-ring (bicyclic) bond motifs is 1. The Bertz CT molecular complexity index is 1150. The van der Waals surface area contributed by atoms with Gasteiger partial charge in [0, 0.05) is 36.1 Å². The molecule has 3 aromatic carbocycles. The monoisotopic (exact) mass is 405 g/mol. The minimum absolute atomic E-state index is 0.0916. The molecule has 1 aliphatic heterocycles. The first-order valence-electron chi connectivity index (χ1n) is 9.60. The number of hydrogen-bond donors (Lipinski definition) is 1. The van der Waals surface area contributed by atoms with Gasteiger partial charge in [0.1, 0.15) is 5.82 Å². The molecule has 0 unspecified atom stereocenters. The van der Waals surface area contributed by atoms with Crippen LogP contribution >= 0.6 is 0 Å². The summed E-state index contributed by atoms with van der Waals surface area (Å²) in [6.45, 7) is 2.81. The van der Waals surface area contributed by atoms with E-state index < -0.39 is 22.3 Å². The van der Waals surface area contributed by atoms with Gasteiger partial charge in [-0.3, -0.25) is 14.9 Å². The van der Waals surface area contributed by atoms with E-state index in [4.69, 9.17) is 0 Å². The molecule has 0 aliphatic carbocycles. The Morgan fingerprint density at radius 3 is 2.70 bits per heavy atom. The highest BCUT2D eigenvalue weighted by molar-refractivity contribution is 6.05. The number of carbonyl (C=O) groups is 1. The number of anilines is 2. The van der Waals surface area contributed by atoms with Crippen LogP contribution in [0.2, 0.25) is 0 Å². The Labute approximate surface area is 173 Å².